The molecular formula is C19H22N4OS2. The Balaban J connectivity index is 1.81. The second kappa shape index (κ2) is 6.96. The zero-order chi connectivity index (χ0) is 18.3. The van der Waals surface area contributed by atoms with Crippen LogP contribution in [0.5, 0.6) is 0 Å². The number of hydrogen-bond donors (Lipinski definition) is 0. The van der Waals surface area contributed by atoms with Crippen molar-refractivity contribution >= 4 is 28.6 Å². The third-order valence-corrected chi connectivity index (χ3v) is 6.55. The quantitative estimate of drug-likeness (QED) is 0.681. The SMILES string of the molecule is CCn1c2c(sc1=NC(=O)c1cccs1)CCc1c-2cnn1CC(C)C. The minimum atomic E-state index is -0.156. The van der Waals surface area contributed by atoms with Crippen LogP contribution in [0.4, 0.5) is 0 Å². The average Bonchev–Trinajstić information content (AvgIpc) is 3.32. The van der Waals surface area contributed by atoms with E-state index in [2.05, 4.69) is 40.1 Å². The Morgan fingerprint density at radius 1 is 1.38 bits per heavy atom. The Kier molecular flexibility index (Phi) is 4.67. The zero-order valence-corrected chi connectivity index (χ0v) is 16.9. The van der Waals surface area contributed by atoms with E-state index in [0.29, 0.717) is 10.8 Å². The number of aromatic nitrogens is 3. The fourth-order valence-corrected chi connectivity index (χ4v) is 5.26. The lowest BCUT2D eigenvalue weighted by atomic mass is 9.99. The first-order valence-electron chi connectivity index (χ1n) is 8.98. The van der Waals surface area contributed by atoms with Gasteiger partial charge in [-0.2, -0.15) is 10.1 Å². The van der Waals surface area contributed by atoms with E-state index in [1.807, 2.05) is 23.7 Å². The molecule has 0 unspecified atom stereocenters. The van der Waals surface area contributed by atoms with E-state index in [0.717, 1.165) is 30.7 Å². The third-order valence-electron chi connectivity index (χ3n) is 4.56. The van der Waals surface area contributed by atoms with Gasteiger partial charge in [0.1, 0.15) is 0 Å². The summed E-state index contributed by atoms with van der Waals surface area (Å²) in [6.45, 7) is 8.26. The third kappa shape index (κ3) is 2.99. The normalized spacial score (nSPS) is 13.9. The Morgan fingerprint density at radius 3 is 2.92 bits per heavy atom. The molecule has 0 aliphatic heterocycles. The van der Waals surface area contributed by atoms with Crippen LogP contribution in [0, 0.1) is 5.92 Å². The van der Waals surface area contributed by atoms with Crippen LogP contribution in [0.2, 0.25) is 0 Å². The van der Waals surface area contributed by atoms with Gasteiger partial charge >= 0.3 is 0 Å². The van der Waals surface area contributed by atoms with Crippen molar-refractivity contribution in [3.63, 3.8) is 0 Å². The standard InChI is InChI=1S/C19H22N4OS2/c1-4-22-17-13-10-20-23(11-12(2)3)14(13)7-8-15(17)26-19(22)21-18(24)16-6-5-9-25-16/h5-6,9-10,12H,4,7-8,11H2,1-3H3. The second-order valence-corrected chi connectivity index (χ2v) is 8.89. The molecule has 0 bridgehead atoms. The number of aryl methyl sites for hydroxylation is 1. The van der Waals surface area contributed by atoms with E-state index in [4.69, 9.17) is 0 Å². The average molecular weight is 387 g/mol. The van der Waals surface area contributed by atoms with Gasteiger partial charge in [0, 0.05) is 29.2 Å². The van der Waals surface area contributed by atoms with Gasteiger partial charge in [0.05, 0.1) is 16.8 Å². The van der Waals surface area contributed by atoms with Crippen molar-refractivity contribution < 1.29 is 4.79 Å². The van der Waals surface area contributed by atoms with Gasteiger partial charge in [0.15, 0.2) is 4.80 Å². The Hall–Kier alpha value is -1.99. The van der Waals surface area contributed by atoms with E-state index in [1.165, 1.54) is 33.2 Å². The molecule has 0 N–H and O–H groups in total. The van der Waals surface area contributed by atoms with Crippen LogP contribution < -0.4 is 4.80 Å². The highest BCUT2D eigenvalue weighted by Gasteiger charge is 2.26. The number of thiazole rings is 1. The van der Waals surface area contributed by atoms with Crippen molar-refractivity contribution in [3.8, 4) is 11.3 Å². The Bertz CT molecular complexity index is 1010. The summed E-state index contributed by atoms with van der Waals surface area (Å²) in [6.07, 6.45) is 3.97. The summed E-state index contributed by atoms with van der Waals surface area (Å²) < 4.78 is 4.32. The van der Waals surface area contributed by atoms with Crippen LogP contribution in [0.3, 0.4) is 0 Å². The Labute approximate surface area is 160 Å². The summed E-state index contributed by atoms with van der Waals surface area (Å²) >= 11 is 3.08. The summed E-state index contributed by atoms with van der Waals surface area (Å²) in [5, 5.41) is 6.54. The Morgan fingerprint density at radius 2 is 2.23 bits per heavy atom. The lowest BCUT2D eigenvalue weighted by Gasteiger charge is -2.17. The fraction of sp³-hybridized carbons (Fsp3) is 0.421. The lowest BCUT2D eigenvalue weighted by Crippen LogP contribution is -2.18. The lowest BCUT2D eigenvalue weighted by molar-refractivity contribution is 0.100. The molecule has 3 aromatic rings. The molecule has 0 saturated carbocycles. The van der Waals surface area contributed by atoms with Gasteiger partial charge in [-0.05, 0) is 37.1 Å². The molecule has 26 heavy (non-hydrogen) atoms. The predicted octanol–water partition coefficient (Wildman–Crippen LogP) is 3.99. The predicted molar refractivity (Wildman–Crippen MR) is 106 cm³/mol. The van der Waals surface area contributed by atoms with E-state index >= 15 is 0 Å². The monoisotopic (exact) mass is 386 g/mol. The van der Waals surface area contributed by atoms with Gasteiger partial charge in [-0.1, -0.05) is 19.9 Å². The van der Waals surface area contributed by atoms with E-state index in [-0.39, 0.29) is 5.91 Å². The first-order chi connectivity index (χ1) is 12.6. The first kappa shape index (κ1) is 17.4. The minimum absolute atomic E-state index is 0.156. The summed E-state index contributed by atoms with van der Waals surface area (Å²) in [7, 11) is 0. The highest BCUT2D eigenvalue weighted by Crippen LogP contribution is 2.35. The molecule has 0 aromatic carbocycles. The summed E-state index contributed by atoms with van der Waals surface area (Å²) in [5.41, 5.74) is 3.71. The van der Waals surface area contributed by atoms with Crippen molar-refractivity contribution in [3.05, 3.63) is 44.0 Å². The van der Waals surface area contributed by atoms with Crippen LogP contribution in [0.25, 0.3) is 11.3 Å². The molecule has 1 amide bonds. The zero-order valence-electron chi connectivity index (χ0n) is 15.2. The molecule has 1 aliphatic rings. The molecular weight excluding hydrogens is 364 g/mol. The molecule has 3 aromatic heterocycles. The number of thiophene rings is 1. The molecule has 1 aliphatic carbocycles. The number of fused-ring (bicyclic) bond motifs is 3. The minimum Gasteiger partial charge on any atom is -0.316 e. The number of nitrogens with zero attached hydrogens (tertiary/aromatic N) is 4. The topological polar surface area (TPSA) is 52.2 Å². The molecule has 0 saturated heterocycles. The molecule has 0 radical (unpaired) electrons. The van der Waals surface area contributed by atoms with E-state index < -0.39 is 0 Å². The van der Waals surface area contributed by atoms with Gasteiger partial charge in [-0.15, -0.1) is 22.7 Å². The number of carbonyl (C=O) groups excluding carboxylic acids is 1. The second-order valence-electron chi connectivity index (χ2n) is 6.88. The molecule has 136 valence electrons. The van der Waals surface area contributed by atoms with Gasteiger partial charge in [-0.25, -0.2) is 0 Å². The molecule has 3 heterocycles. The van der Waals surface area contributed by atoms with Crippen molar-refractivity contribution in [1.29, 1.82) is 0 Å². The largest absolute Gasteiger partial charge is 0.316 e. The first-order valence-corrected chi connectivity index (χ1v) is 10.7. The summed E-state index contributed by atoms with van der Waals surface area (Å²) in [4.78, 5) is 19.7. The van der Waals surface area contributed by atoms with Crippen LogP contribution >= 0.6 is 22.7 Å². The maximum Gasteiger partial charge on any atom is 0.289 e. The molecule has 4 rings (SSSR count). The number of rotatable bonds is 4. The maximum atomic E-state index is 12.4. The molecule has 0 spiro atoms. The van der Waals surface area contributed by atoms with Crippen LogP contribution in [-0.4, -0.2) is 20.3 Å². The highest BCUT2D eigenvalue weighted by atomic mass is 32.1. The number of amides is 1. The molecule has 5 nitrogen and oxygen atoms in total. The van der Waals surface area contributed by atoms with Gasteiger partial charge in [0.25, 0.3) is 5.91 Å². The number of carbonyl (C=O) groups is 1. The maximum absolute atomic E-state index is 12.4. The van der Waals surface area contributed by atoms with Crippen LogP contribution in [-0.2, 0) is 25.9 Å². The number of hydrogen-bond acceptors (Lipinski definition) is 4. The van der Waals surface area contributed by atoms with Gasteiger partial charge in [-0.3, -0.25) is 9.48 Å². The highest BCUT2D eigenvalue weighted by molar-refractivity contribution is 7.12. The molecule has 7 heteroatoms. The van der Waals surface area contributed by atoms with Crippen LogP contribution in [0.1, 0.15) is 41.0 Å². The van der Waals surface area contributed by atoms with Crippen molar-refractivity contribution in [2.75, 3.05) is 0 Å². The van der Waals surface area contributed by atoms with E-state index in [9.17, 15) is 4.79 Å². The van der Waals surface area contributed by atoms with Crippen molar-refractivity contribution in [2.45, 2.75) is 46.7 Å². The molecule has 0 fully saturated rings. The van der Waals surface area contributed by atoms with Crippen molar-refractivity contribution in [1.82, 2.24) is 14.3 Å². The summed E-state index contributed by atoms with van der Waals surface area (Å²) in [6, 6.07) is 3.71. The smallest absolute Gasteiger partial charge is 0.289 e. The summed E-state index contributed by atoms with van der Waals surface area (Å²) in [5.74, 6) is 0.409. The van der Waals surface area contributed by atoms with Gasteiger partial charge < -0.3 is 4.57 Å². The van der Waals surface area contributed by atoms with Crippen LogP contribution in [0.15, 0.2) is 28.7 Å². The van der Waals surface area contributed by atoms with E-state index in [1.54, 1.807) is 11.3 Å². The van der Waals surface area contributed by atoms with Crippen molar-refractivity contribution in [2.24, 2.45) is 10.9 Å². The van der Waals surface area contributed by atoms with Gasteiger partial charge in [0.2, 0.25) is 0 Å². The molecule has 0 atom stereocenters. The fourth-order valence-electron chi connectivity index (χ4n) is 3.45.